The molecule has 0 saturated carbocycles. The van der Waals surface area contributed by atoms with Crippen LogP contribution in [0.5, 0.6) is 5.75 Å². The molecule has 0 bridgehead atoms. The van der Waals surface area contributed by atoms with Crippen molar-refractivity contribution in [1.29, 1.82) is 5.26 Å². The van der Waals surface area contributed by atoms with E-state index in [9.17, 15) is 14.8 Å². The molecule has 0 spiro atoms. The smallest absolute Gasteiger partial charge is 0.171 e. The zero-order valence-corrected chi connectivity index (χ0v) is 22.1. The normalized spacial score (nSPS) is 13.8. The Bertz CT molecular complexity index is 1780. The molecule has 1 aliphatic rings. The van der Waals surface area contributed by atoms with Crippen LogP contribution in [0.4, 0.5) is 10.2 Å². The number of anilines is 1. The lowest BCUT2D eigenvalue weighted by molar-refractivity contribution is 0.404. The average molecular weight is 538 g/mol. The van der Waals surface area contributed by atoms with Crippen LogP contribution in [0.3, 0.4) is 0 Å². The summed E-state index contributed by atoms with van der Waals surface area (Å²) in [6.45, 7) is 4.83. The van der Waals surface area contributed by atoms with Crippen LogP contribution in [0.2, 0.25) is 0 Å². The molecule has 8 nitrogen and oxygen atoms in total. The Morgan fingerprint density at radius 3 is 2.77 bits per heavy atom. The number of thioether (sulfide) groups is 1. The Morgan fingerprint density at radius 2 is 1.95 bits per heavy atom. The van der Waals surface area contributed by atoms with Gasteiger partial charge in [-0.2, -0.15) is 5.26 Å². The summed E-state index contributed by atoms with van der Waals surface area (Å²) >= 11 is 1.69. The lowest BCUT2D eigenvalue weighted by Crippen LogP contribution is -2.24. The van der Waals surface area contributed by atoms with E-state index >= 15 is 0 Å². The molecule has 1 aliphatic heterocycles. The molecule has 0 atom stereocenters. The third kappa shape index (κ3) is 4.55. The number of aromatic hydroxyl groups is 1. The Hall–Kier alpha value is -4.49. The van der Waals surface area contributed by atoms with Gasteiger partial charge >= 0.3 is 0 Å². The van der Waals surface area contributed by atoms with Gasteiger partial charge in [0.15, 0.2) is 28.0 Å². The number of nitrogens with zero attached hydrogens (tertiary/aromatic N) is 6. The van der Waals surface area contributed by atoms with Crippen LogP contribution in [-0.2, 0) is 12.0 Å². The molecule has 0 radical (unpaired) electrons. The topological polar surface area (TPSA) is 113 Å². The maximum Gasteiger partial charge on any atom is 0.171 e. The Morgan fingerprint density at radius 1 is 1.10 bits per heavy atom. The van der Waals surface area contributed by atoms with Crippen molar-refractivity contribution in [2.45, 2.75) is 31.0 Å². The molecule has 39 heavy (non-hydrogen) atoms. The number of halogens is 1. The second-order valence-electron chi connectivity index (χ2n) is 9.98. The van der Waals surface area contributed by atoms with Gasteiger partial charge in [-0.05, 0) is 50.1 Å². The number of pyridine rings is 1. The van der Waals surface area contributed by atoms with E-state index < -0.39 is 0 Å². The number of phenols is 1. The van der Waals surface area contributed by atoms with Crippen molar-refractivity contribution in [1.82, 2.24) is 24.5 Å². The van der Waals surface area contributed by atoms with E-state index in [1.54, 1.807) is 54.4 Å². The van der Waals surface area contributed by atoms with E-state index in [0.717, 1.165) is 22.1 Å². The number of fused-ring (bicyclic) bond motifs is 3. The quantitative estimate of drug-likeness (QED) is 0.281. The molecule has 4 heterocycles. The summed E-state index contributed by atoms with van der Waals surface area (Å²) in [5, 5.41) is 24.0. The minimum Gasteiger partial charge on any atom is -0.507 e. The summed E-state index contributed by atoms with van der Waals surface area (Å²) in [5.74, 6) is 1.58. The second-order valence-corrected chi connectivity index (χ2v) is 10.9. The fraction of sp³-hybridized carbons (Fsp3) is 0.207. The number of benzene rings is 2. The third-order valence-electron chi connectivity index (χ3n) is 6.69. The molecule has 0 unspecified atom stereocenters. The predicted octanol–water partition coefficient (Wildman–Crippen LogP) is 5.77. The van der Waals surface area contributed by atoms with E-state index in [1.807, 2.05) is 6.07 Å². The minimum absolute atomic E-state index is 0.0276. The molecule has 0 aliphatic carbocycles. The van der Waals surface area contributed by atoms with Crippen molar-refractivity contribution >= 4 is 28.7 Å². The van der Waals surface area contributed by atoms with E-state index in [1.165, 1.54) is 12.3 Å². The monoisotopic (exact) mass is 537 g/mol. The van der Waals surface area contributed by atoms with Gasteiger partial charge in [0.25, 0.3) is 0 Å². The first kappa shape index (κ1) is 24.8. The second kappa shape index (κ2) is 9.67. The molecular weight excluding hydrogens is 513 g/mol. The summed E-state index contributed by atoms with van der Waals surface area (Å²) in [4.78, 5) is 18.7. The first-order valence-electron chi connectivity index (χ1n) is 12.4. The lowest BCUT2D eigenvalue weighted by Gasteiger charge is -2.20. The van der Waals surface area contributed by atoms with Crippen molar-refractivity contribution in [2.24, 2.45) is 0 Å². The Labute approximate surface area is 228 Å². The van der Waals surface area contributed by atoms with Gasteiger partial charge in [-0.15, -0.1) is 0 Å². The van der Waals surface area contributed by atoms with E-state index in [2.05, 4.69) is 34.8 Å². The van der Waals surface area contributed by atoms with Gasteiger partial charge in [0, 0.05) is 41.4 Å². The molecule has 2 N–H and O–H groups in total. The first-order valence-corrected chi connectivity index (χ1v) is 13.4. The van der Waals surface area contributed by atoms with Gasteiger partial charge in [0.2, 0.25) is 0 Å². The molecule has 0 amide bonds. The Kier molecular flexibility index (Phi) is 6.16. The zero-order chi connectivity index (χ0) is 27.1. The van der Waals surface area contributed by atoms with Crippen molar-refractivity contribution in [2.75, 3.05) is 17.6 Å². The highest BCUT2D eigenvalue weighted by Gasteiger charge is 2.35. The molecule has 6 rings (SSSR count). The molecule has 2 aromatic carbocycles. The van der Waals surface area contributed by atoms with E-state index in [-0.39, 0.29) is 17.1 Å². The average Bonchev–Trinajstić information content (AvgIpc) is 3.47. The molecule has 3 aromatic heterocycles. The van der Waals surface area contributed by atoms with Gasteiger partial charge in [0.05, 0.1) is 11.1 Å². The number of hydrogen-bond donors (Lipinski definition) is 2. The molecule has 5 aromatic rings. The van der Waals surface area contributed by atoms with Crippen molar-refractivity contribution in [3.63, 3.8) is 0 Å². The highest BCUT2D eigenvalue weighted by atomic mass is 32.2. The molecular formula is C29H24FN7OS. The van der Waals surface area contributed by atoms with E-state index in [0.29, 0.717) is 52.4 Å². The molecule has 0 fully saturated rings. The van der Waals surface area contributed by atoms with Crippen LogP contribution in [0.25, 0.3) is 33.7 Å². The number of rotatable bonds is 6. The van der Waals surface area contributed by atoms with Crippen molar-refractivity contribution in [3.05, 3.63) is 77.9 Å². The minimum atomic E-state index is -0.387. The van der Waals surface area contributed by atoms with Gasteiger partial charge in [-0.3, -0.25) is 9.55 Å². The summed E-state index contributed by atoms with van der Waals surface area (Å²) in [6.07, 6.45) is 3.75. The van der Waals surface area contributed by atoms with Gasteiger partial charge < -0.3 is 10.4 Å². The van der Waals surface area contributed by atoms with Gasteiger partial charge in [-0.1, -0.05) is 36.0 Å². The molecule has 10 heteroatoms. The number of nitrogens with one attached hydrogen (secondary N) is 1. The lowest BCUT2D eigenvalue weighted by atomic mass is 10.00. The summed E-state index contributed by atoms with van der Waals surface area (Å²) in [7, 11) is 0. The van der Waals surface area contributed by atoms with Crippen molar-refractivity contribution in [3.8, 4) is 34.3 Å². The van der Waals surface area contributed by atoms with Crippen LogP contribution < -0.4 is 5.32 Å². The van der Waals surface area contributed by atoms with Crippen LogP contribution in [0.1, 0.15) is 25.0 Å². The fourth-order valence-corrected chi connectivity index (χ4v) is 5.95. The maximum absolute atomic E-state index is 14.4. The van der Waals surface area contributed by atoms with Crippen LogP contribution >= 0.6 is 11.8 Å². The van der Waals surface area contributed by atoms with Gasteiger partial charge in [-0.25, -0.2) is 19.3 Å². The first-order chi connectivity index (χ1) is 18.8. The molecule has 0 saturated heterocycles. The predicted molar refractivity (Wildman–Crippen MR) is 149 cm³/mol. The maximum atomic E-state index is 14.4. The number of imidazole rings is 1. The zero-order valence-electron chi connectivity index (χ0n) is 21.3. The summed E-state index contributed by atoms with van der Waals surface area (Å²) in [6, 6.07) is 15.5. The van der Waals surface area contributed by atoms with Crippen molar-refractivity contribution < 1.29 is 9.50 Å². The van der Waals surface area contributed by atoms with Crippen LogP contribution in [0.15, 0.2) is 66.1 Å². The number of aromatic nitrogens is 5. The largest absolute Gasteiger partial charge is 0.507 e. The SMILES string of the molecule is CC1(C)CSc2nc3c(NCCc4ccc(O)c(-c5ccccc5F)c4)nc(-c4cncc(C#N)c4)nc3n21. The van der Waals surface area contributed by atoms with Gasteiger partial charge in [0.1, 0.15) is 17.6 Å². The highest BCUT2D eigenvalue weighted by molar-refractivity contribution is 7.99. The third-order valence-corrected chi connectivity index (χ3v) is 8.08. The number of phenolic OH excluding ortho intramolecular Hbond substituents is 1. The standard InChI is InChI=1S/C29H24FN7OS/c1-29(2)16-39-28-34-24-26(35-25(36-27(24)37(28)29)19-11-18(13-31)14-32-15-19)33-10-9-17-7-8-23(38)21(12-17)20-5-3-4-6-22(20)30/h3-8,11-12,14-15,38H,9-10,16H2,1-2H3,(H,33,35,36). The van der Waals surface area contributed by atoms with Crippen LogP contribution in [0, 0.1) is 17.1 Å². The van der Waals surface area contributed by atoms with E-state index in [4.69, 9.17) is 15.0 Å². The van der Waals surface area contributed by atoms with Crippen LogP contribution in [-0.4, -0.2) is 41.9 Å². The Balaban J connectivity index is 1.34. The fourth-order valence-electron chi connectivity index (χ4n) is 4.72. The number of nitriles is 1. The summed E-state index contributed by atoms with van der Waals surface area (Å²) < 4.78 is 16.5. The highest BCUT2D eigenvalue weighted by Crippen LogP contribution is 2.41. The summed E-state index contributed by atoms with van der Waals surface area (Å²) in [5.41, 5.74) is 4.04. The number of hydrogen-bond acceptors (Lipinski definition) is 8. The molecule has 194 valence electrons.